The Hall–Kier alpha value is -2.63. The first-order valence-electron chi connectivity index (χ1n) is 6.24. The SMILES string of the molecule is CCOC(=O)CC(=O)Nc1cccc(-c2ccn[nH]2)c1. The summed E-state index contributed by atoms with van der Waals surface area (Å²) in [7, 11) is 0. The number of nitrogens with zero attached hydrogens (tertiary/aromatic N) is 1. The topological polar surface area (TPSA) is 84.1 Å². The molecule has 2 N–H and O–H groups in total. The average molecular weight is 273 g/mol. The summed E-state index contributed by atoms with van der Waals surface area (Å²) in [6.45, 7) is 1.96. The molecule has 0 aliphatic heterocycles. The third kappa shape index (κ3) is 3.68. The highest BCUT2D eigenvalue weighted by Gasteiger charge is 2.10. The Labute approximate surface area is 116 Å². The van der Waals surface area contributed by atoms with Gasteiger partial charge >= 0.3 is 5.97 Å². The molecule has 0 saturated carbocycles. The second-order valence-electron chi connectivity index (χ2n) is 4.08. The molecule has 2 aromatic rings. The molecule has 2 rings (SSSR count). The van der Waals surface area contributed by atoms with E-state index < -0.39 is 11.9 Å². The van der Waals surface area contributed by atoms with Gasteiger partial charge < -0.3 is 10.1 Å². The van der Waals surface area contributed by atoms with Gasteiger partial charge in [0, 0.05) is 17.4 Å². The molecule has 0 fully saturated rings. The van der Waals surface area contributed by atoms with Gasteiger partial charge in [0.05, 0.1) is 12.3 Å². The Morgan fingerprint density at radius 1 is 1.35 bits per heavy atom. The maximum atomic E-state index is 11.7. The van der Waals surface area contributed by atoms with Crippen LogP contribution in [0, 0.1) is 0 Å². The zero-order valence-corrected chi connectivity index (χ0v) is 11.1. The summed E-state index contributed by atoms with van der Waals surface area (Å²) in [5, 5.41) is 9.38. The van der Waals surface area contributed by atoms with E-state index in [0.29, 0.717) is 5.69 Å². The number of nitrogens with one attached hydrogen (secondary N) is 2. The number of H-pyrrole nitrogens is 1. The molecule has 0 spiro atoms. The molecule has 1 amide bonds. The molecule has 6 heteroatoms. The number of esters is 1. The first-order valence-corrected chi connectivity index (χ1v) is 6.24. The summed E-state index contributed by atoms with van der Waals surface area (Å²) in [5.74, 6) is -0.931. The zero-order chi connectivity index (χ0) is 14.4. The Balaban J connectivity index is 2.01. The second-order valence-corrected chi connectivity index (χ2v) is 4.08. The van der Waals surface area contributed by atoms with E-state index in [1.54, 1.807) is 25.3 Å². The number of benzene rings is 1. The molecule has 0 bridgehead atoms. The smallest absolute Gasteiger partial charge is 0.315 e. The number of carbonyl (C=O) groups excluding carboxylic acids is 2. The van der Waals surface area contributed by atoms with Crippen LogP contribution in [0.1, 0.15) is 13.3 Å². The molecule has 0 saturated heterocycles. The summed E-state index contributed by atoms with van der Waals surface area (Å²) in [6, 6.07) is 9.10. The molecule has 104 valence electrons. The minimum atomic E-state index is -0.533. The Kier molecular flexibility index (Phi) is 4.49. The number of hydrogen-bond donors (Lipinski definition) is 2. The van der Waals surface area contributed by atoms with Crippen molar-refractivity contribution in [3.8, 4) is 11.3 Å². The third-order valence-electron chi connectivity index (χ3n) is 2.57. The monoisotopic (exact) mass is 273 g/mol. The lowest BCUT2D eigenvalue weighted by Crippen LogP contribution is -2.18. The number of anilines is 1. The molecule has 0 aliphatic rings. The first-order chi connectivity index (χ1) is 9.69. The minimum Gasteiger partial charge on any atom is -0.466 e. The van der Waals surface area contributed by atoms with Crippen molar-refractivity contribution in [2.45, 2.75) is 13.3 Å². The van der Waals surface area contributed by atoms with Crippen LogP contribution in [-0.4, -0.2) is 28.7 Å². The molecule has 1 heterocycles. The predicted molar refractivity (Wildman–Crippen MR) is 73.9 cm³/mol. The van der Waals surface area contributed by atoms with Gasteiger partial charge in [-0.15, -0.1) is 0 Å². The van der Waals surface area contributed by atoms with Crippen LogP contribution in [0.4, 0.5) is 5.69 Å². The third-order valence-corrected chi connectivity index (χ3v) is 2.57. The lowest BCUT2D eigenvalue weighted by atomic mass is 10.1. The van der Waals surface area contributed by atoms with Crippen LogP contribution in [0.15, 0.2) is 36.5 Å². The predicted octanol–water partition coefficient (Wildman–Crippen LogP) is 1.97. The number of rotatable bonds is 5. The molecule has 0 aliphatic carbocycles. The fraction of sp³-hybridized carbons (Fsp3) is 0.214. The van der Waals surface area contributed by atoms with Crippen LogP contribution in [0.5, 0.6) is 0 Å². The highest BCUT2D eigenvalue weighted by molar-refractivity contribution is 6.02. The molecule has 20 heavy (non-hydrogen) atoms. The van der Waals surface area contributed by atoms with E-state index in [2.05, 4.69) is 15.5 Å². The molecule has 0 radical (unpaired) electrons. The standard InChI is InChI=1S/C14H15N3O3/c1-2-20-14(19)9-13(18)16-11-5-3-4-10(8-11)12-6-7-15-17-12/h3-8H,2,9H2,1H3,(H,15,17)(H,16,18). The average Bonchev–Trinajstić information content (AvgIpc) is 2.92. The highest BCUT2D eigenvalue weighted by Crippen LogP contribution is 2.20. The van der Waals surface area contributed by atoms with Crippen molar-refractivity contribution in [2.24, 2.45) is 0 Å². The van der Waals surface area contributed by atoms with E-state index in [4.69, 9.17) is 4.74 Å². The van der Waals surface area contributed by atoms with Gasteiger partial charge in [0.15, 0.2) is 0 Å². The van der Waals surface area contributed by atoms with Gasteiger partial charge in [0.2, 0.25) is 5.91 Å². The van der Waals surface area contributed by atoms with Crippen molar-refractivity contribution in [2.75, 3.05) is 11.9 Å². The normalized spacial score (nSPS) is 10.1. The molecule has 0 unspecified atom stereocenters. The van der Waals surface area contributed by atoms with Gasteiger partial charge in [0.25, 0.3) is 0 Å². The largest absolute Gasteiger partial charge is 0.466 e. The Bertz CT molecular complexity index is 593. The van der Waals surface area contributed by atoms with Crippen molar-refractivity contribution in [1.29, 1.82) is 0 Å². The van der Waals surface area contributed by atoms with Crippen molar-refractivity contribution in [1.82, 2.24) is 10.2 Å². The van der Waals surface area contributed by atoms with Crippen LogP contribution in [0.25, 0.3) is 11.3 Å². The number of aromatic amines is 1. The second kappa shape index (κ2) is 6.51. The van der Waals surface area contributed by atoms with Crippen LogP contribution in [0.3, 0.4) is 0 Å². The summed E-state index contributed by atoms with van der Waals surface area (Å²) < 4.78 is 4.72. The summed E-state index contributed by atoms with van der Waals surface area (Å²) >= 11 is 0. The molecule has 1 aromatic heterocycles. The zero-order valence-electron chi connectivity index (χ0n) is 11.1. The van der Waals surface area contributed by atoms with Crippen molar-refractivity contribution >= 4 is 17.6 Å². The Morgan fingerprint density at radius 3 is 2.90 bits per heavy atom. The lowest BCUT2D eigenvalue weighted by Gasteiger charge is -2.06. The van der Waals surface area contributed by atoms with Gasteiger partial charge in [0.1, 0.15) is 6.42 Å². The van der Waals surface area contributed by atoms with Gasteiger partial charge in [-0.25, -0.2) is 0 Å². The summed E-state index contributed by atoms with van der Waals surface area (Å²) in [6.07, 6.45) is 1.36. The van der Waals surface area contributed by atoms with Crippen molar-refractivity contribution in [3.63, 3.8) is 0 Å². The molecule has 0 atom stereocenters. The van der Waals surface area contributed by atoms with E-state index >= 15 is 0 Å². The number of hydrogen-bond acceptors (Lipinski definition) is 4. The molecule has 6 nitrogen and oxygen atoms in total. The van der Waals surface area contributed by atoms with Crippen LogP contribution in [-0.2, 0) is 14.3 Å². The van der Waals surface area contributed by atoms with E-state index in [9.17, 15) is 9.59 Å². The van der Waals surface area contributed by atoms with Gasteiger partial charge in [-0.2, -0.15) is 5.10 Å². The van der Waals surface area contributed by atoms with E-state index in [1.807, 2.05) is 18.2 Å². The summed E-state index contributed by atoms with van der Waals surface area (Å²) in [5.41, 5.74) is 2.37. The van der Waals surface area contributed by atoms with Crippen molar-refractivity contribution < 1.29 is 14.3 Å². The van der Waals surface area contributed by atoms with Crippen LogP contribution < -0.4 is 5.32 Å². The van der Waals surface area contributed by atoms with Gasteiger partial charge in [-0.3, -0.25) is 14.7 Å². The number of aromatic nitrogens is 2. The molecule has 1 aromatic carbocycles. The number of amides is 1. The maximum absolute atomic E-state index is 11.7. The fourth-order valence-electron chi connectivity index (χ4n) is 1.73. The summed E-state index contributed by atoms with van der Waals surface area (Å²) in [4.78, 5) is 22.9. The van der Waals surface area contributed by atoms with Gasteiger partial charge in [-0.05, 0) is 25.1 Å². The lowest BCUT2D eigenvalue weighted by molar-refractivity contribution is -0.145. The van der Waals surface area contributed by atoms with Crippen LogP contribution in [0.2, 0.25) is 0 Å². The first kappa shape index (κ1) is 13.8. The Morgan fingerprint density at radius 2 is 2.20 bits per heavy atom. The van der Waals surface area contributed by atoms with E-state index in [0.717, 1.165) is 11.3 Å². The quantitative estimate of drug-likeness (QED) is 0.644. The number of ether oxygens (including phenoxy) is 1. The van der Waals surface area contributed by atoms with Gasteiger partial charge in [-0.1, -0.05) is 12.1 Å². The maximum Gasteiger partial charge on any atom is 0.315 e. The van der Waals surface area contributed by atoms with Crippen molar-refractivity contribution in [3.05, 3.63) is 36.5 Å². The van der Waals surface area contributed by atoms with Crippen LogP contribution >= 0.6 is 0 Å². The number of carbonyl (C=O) groups is 2. The van der Waals surface area contributed by atoms with E-state index in [-0.39, 0.29) is 13.0 Å². The minimum absolute atomic E-state index is 0.265. The highest BCUT2D eigenvalue weighted by atomic mass is 16.5. The van der Waals surface area contributed by atoms with E-state index in [1.165, 1.54) is 0 Å². The molecular formula is C14H15N3O3. The molecular weight excluding hydrogens is 258 g/mol. The fourth-order valence-corrected chi connectivity index (χ4v) is 1.73.